The van der Waals surface area contributed by atoms with Gasteiger partial charge < -0.3 is 20.1 Å². The average Bonchev–Trinajstić information content (AvgIpc) is 3.30. The lowest BCUT2D eigenvalue weighted by Gasteiger charge is -2.33. The number of fused-ring (bicyclic) bond motifs is 2. The van der Waals surface area contributed by atoms with E-state index in [2.05, 4.69) is 70.2 Å². The molecule has 0 spiro atoms. The number of hydrogen-bond donors (Lipinski definition) is 2. The van der Waals surface area contributed by atoms with Crippen molar-refractivity contribution in [3.8, 4) is 22.3 Å². The van der Waals surface area contributed by atoms with Gasteiger partial charge in [-0.2, -0.15) is 0 Å². The van der Waals surface area contributed by atoms with E-state index in [4.69, 9.17) is 4.98 Å². The van der Waals surface area contributed by atoms with Crippen molar-refractivity contribution in [2.75, 3.05) is 44.7 Å². The molecule has 6 rings (SSSR count). The Labute approximate surface area is 205 Å². The number of aromatic amines is 1. The number of piperazine rings is 1. The smallest absolute Gasteiger partial charge is 0.251 e. The number of amides is 1. The van der Waals surface area contributed by atoms with Gasteiger partial charge in [-0.3, -0.25) is 4.79 Å². The van der Waals surface area contributed by atoms with Crippen LogP contribution in [0.3, 0.4) is 0 Å². The van der Waals surface area contributed by atoms with Crippen LogP contribution in [0.4, 0.5) is 5.82 Å². The number of nitrogens with zero attached hydrogens (tertiary/aromatic N) is 4. The molecular formula is C28H30N6O. The van der Waals surface area contributed by atoms with Crippen LogP contribution in [0.2, 0.25) is 0 Å². The van der Waals surface area contributed by atoms with E-state index in [9.17, 15) is 4.79 Å². The number of carbonyl (C=O) groups excluding carboxylic acids is 1. The second kappa shape index (κ2) is 8.20. The monoisotopic (exact) mass is 466 g/mol. The Morgan fingerprint density at radius 3 is 2.57 bits per heavy atom. The molecule has 0 unspecified atom stereocenters. The van der Waals surface area contributed by atoms with Crippen LogP contribution in [0.1, 0.15) is 29.8 Å². The van der Waals surface area contributed by atoms with Crippen LogP contribution >= 0.6 is 0 Å². The van der Waals surface area contributed by atoms with Gasteiger partial charge in [-0.25, -0.2) is 9.97 Å². The second-order valence-corrected chi connectivity index (χ2v) is 10.3. The predicted molar refractivity (Wildman–Crippen MR) is 140 cm³/mol. The zero-order chi connectivity index (χ0) is 24.2. The van der Waals surface area contributed by atoms with Gasteiger partial charge in [0.1, 0.15) is 11.5 Å². The molecule has 0 radical (unpaired) electrons. The molecule has 0 aliphatic carbocycles. The molecule has 1 fully saturated rings. The van der Waals surface area contributed by atoms with Gasteiger partial charge in [0.2, 0.25) is 0 Å². The van der Waals surface area contributed by atoms with Crippen molar-refractivity contribution in [1.29, 1.82) is 0 Å². The van der Waals surface area contributed by atoms with E-state index >= 15 is 0 Å². The molecule has 0 saturated carbocycles. The number of pyridine rings is 2. The van der Waals surface area contributed by atoms with Crippen molar-refractivity contribution in [3.63, 3.8) is 0 Å². The molecule has 1 aromatic carbocycles. The Morgan fingerprint density at radius 1 is 0.914 bits per heavy atom. The summed E-state index contributed by atoms with van der Waals surface area (Å²) in [5.74, 6) is 1.02. The summed E-state index contributed by atoms with van der Waals surface area (Å²) in [4.78, 5) is 29.8. The molecule has 5 heterocycles. The number of likely N-dealkylation sites (N-methyl/N-ethyl adjacent to an activating group) is 1. The minimum atomic E-state index is -0.120. The van der Waals surface area contributed by atoms with Crippen LogP contribution in [-0.4, -0.2) is 65.5 Å². The Balaban J connectivity index is 1.39. The van der Waals surface area contributed by atoms with E-state index in [0.717, 1.165) is 76.4 Å². The molecule has 35 heavy (non-hydrogen) atoms. The average molecular weight is 467 g/mol. The highest BCUT2D eigenvalue weighted by atomic mass is 16.1. The van der Waals surface area contributed by atoms with Crippen molar-refractivity contribution < 1.29 is 4.79 Å². The first-order valence-corrected chi connectivity index (χ1v) is 12.2. The van der Waals surface area contributed by atoms with E-state index in [-0.39, 0.29) is 11.3 Å². The largest absolute Gasteiger partial charge is 0.354 e. The highest BCUT2D eigenvalue weighted by Crippen LogP contribution is 2.36. The van der Waals surface area contributed by atoms with E-state index in [1.807, 2.05) is 30.7 Å². The number of benzene rings is 1. The zero-order valence-electron chi connectivity index (χ0n) is 20.4. The topological polar surface area (TPSA) is 77.1 Å². The van der Waals surface area contributed by atoms with Crippen LogP contribution in [-0.2, 0) is 5.41 Å². The number of H-pyrrole nitrogens is 1. The van der Waals surface area contributed by atoms with Crippen molar-refractivity contribution in [2.45, 2.75) is 19.3 Å². The van der Waals surface area contributed by atoms with Gasteiger partial charge >= 0.3 is 0 Å². The lowest BCUT2D eigenvalue weighted by Crippen LogP contribution is -2.44. The molecular weight excluding hydrogens is 436 g/mol. The van der Waals surface area contributed by atoms with Gasteiger partial charge in [-0.15, -0.1) is 0 Å². The maximum atomic E-state index is 12.4. The summed E-state index contributed by atoms with van der Waals surface area (Å²) in [5.41, 5.74) is 6.93. The first-order valence-electron chi connectivity index (χ1n) is 12.2. The summed E-state index contributed by atoms with van der Waals surface area (Å²) < 4.78 is 0. The Hall–Kier alpha value is -3.71. The summed E-state index contributed by atoms with van der Waals surface area (Å²) in [6, 6.07) is 12.6. The first kappa shape index (κ1) is 21.8. The fraction of sp³-hybridized carbons (Fsp3) is 0.321. The Kier molecular flexibility index (Phi) is 5.11. The molecule has 3 aromatic heterocycles. The van der Waals surface area contributed by atoms with Gasteiger partial charge in [0, 0.05) is 78.8 Å². The number of nitrogens with one attached hydrogen (secondary N) is 2. The highest BCUT2D eigenvalue weighted by Gasteiger charge is 2.31. The zero-order valence-corrected chi connectivity index (χ0v) is 20.4. The molecule has 2 N–H and O–H groups in total. The highest BCUT2D eigenvalue weighted by molar-refractivity contribution is 6.00. The summed E-state index contributed by atoms with van der Waals surface area (Å²) in [7, 11) is 2.16. The summed E-state index contributed by atoms with van der Waals surface area (Å²) in [6.45, 7) is 9.05. The quantitative estimate of drug-likeness (QED) is 0.476. The molecule has 0 atom stereocenters. The maximum Gasteiger partial charge on any atom is 0.251 e. The van der Waals surface area contributed by atoms with E-state index in [1.165, 1.54) is 0 Å². The van der Waals surface area contributed by atoms with Gasteiger partial charge in [-0.05, 0) is 54.1 Å². The molecule has 1 saturated heterocycles. The standard InChI is InChI=1S/C28H30N6O/c1-28(2)17-32-27(35)21-5-4-19(13-24(21)28)23-16-31-26-22(23)12-20(15-30-26)18-6-7-29-25(14-18)34-10-8-33(3)9-11-34/h4-7,12-16H,8-11,17H2,1-3H3,(H,30,31)(H,32,35). The molecule has 2 aliphatic rings. The summed E-state index contributed by atoms with van der Waals surface area (Å²) >= 11 is 0. The van der Waals surface area contributed by atoms with Crippen LogP contribution < -0.4 is 10.2 Å². The van der Waals surface area contributed by atoms with E-state index in [0.29, 0.717) is 6.54 Å². The fourth-order valence-corrected chi connectivity index (χ4v) is 5.17. The van der Waals surface area contributed by atoms with Crippen LogP contribution in [0.5, 0.6) is 0 Å². The molecule has 0 bridgehead atoms. The normalized spacial score (nSPS) is 17.9. The third kappa shape index (κ3) is 3.86. The summed E-state index contributed by atoms with van der Waals surface area (Å²) in [6.07, 6.45) is 5.83. The number of anilines is 1. The van der Waals surface area contributed by atoms with Crippen molar-refractivity contribution in [3.05, 3.63) is 66.1 Å². The summed E-state index contributed by atoms with van der Waals surface area (Å²) in [5, 5.41) is 4.07. The van der Waals surface area contributed by atoms with Crippen molar-refractivity contribution >= 4 is 22.8 Å². The molecule has 2 aliphatic heterocycles. The van der Waals surface area contributed by atoms with E-state index < -0.39 is 0 Å². The van der Waals surface area contributed by atoms with Crippen LogP contribution in [0, 0.1) is 0 Å². The lowest BCUT2D eigenvalue weighted by atomic mass is 9.78. The predicted octanol–water partition coefficient (Wildman–Crippen LogP) is 4.06. The number of aromatic nitrogens is 3. The van der Waals surface area contributed by atoms with Crippen molar-refractivity contribution in [1.82, 2.24) is 25.2 Å². The van der Waals surface area contributed by atoms with E-state index in [1.54, 1.807) is 0 Å². The van der Waals surface area contributed by atoms with Crippen LogP contribution in [0.15, 0.2) is 55.0 Å². The Bertz CT molecular complexity index is 1430. The molecule has 7 heteroatoms. The Morgan fingerprint density at radius 2 is 1.74 bits per heavy atom. The first-order chi connectivity index (χ1) is 16.9. The minimum Gasteiger partial charge on any atom is -0.354 e. The van der Waals surface area contributed by atoms with Crippen molar-refractivity contribution in [2.24, 2.45) is 0 Å². The second-order valence-electron chi connectivity index (χ2n) is 10.3. The molecule has 7 nitrogen and oxygen atoms in total. The molecule has 178 valence electrons. The molecule has 1 amide bonds. The maximum absolute atomic E-state index is 12.4. The number of carbonyl (C=O) groups is 1. The minimum absolute atomic E-state index is 0.00240. The third-order valence-corrected chi connectivity index (χ3v) is 7.43. The molecule has 4 aromatic rings. The lowest BCUT2D eigenvalue weighted by molar-refractivity contribution is 0.0930. The SMILES string of the molecule is CN1CCN(c2cc(-c3cnc4[nH]cc(-c5ccc6c(c5)C(C)(C)CNC6=O)c4c3)ccn2)CC1. The number of rotatable bonds is 3. The third-order valence-electron chi connectivity index (χ3n) is 7.43. The van der Waals surface area contributed by atoms with Gasteiger partial charge in [0.25, 0.3) is 5.91 Å². The van der Waals surface area contributed by atoms with Gasteiger partial charge in [-0.1, -0.05) is 19.9 Å². The number of hydrogen-bond acceptors (Lipinski definition) is 5. The fourth-order valence-electron chi connectivity index (χ4n) is 5.17. The van der Waals surface area contributed by atoms with Crippen LogP contribution in [0.25, 0.3) is 33.3 Å². The van der Waals surface area contributed by atoms with Gasteiger partial charge in [0.05, 0.1) is 0 Å². The van der Waals surface area contributed by atoms with Gasteiger partial charge in [0.15, 0.2) is 0 Å².